The maximum Gasteiger partial charge on any atom is 0.407 e. The summed E-state index contributed by atoms with van der Waals surface area (Å²) in [6.45, 7) is 3.79. The van der Waals surface area contributed by atoms with Gasteiger partial charge in [0.1, 0.15) is 5.82 Å². The maximum absolute atomic E-state index is 12.0. The lowest BCUT2D eigenvalue weighted by Crippen LogP contribution is -2.29. The molecule has 200 valence electrons. The number of hydrogen-bond acceptors (Lipinski definition) is 9. The lowest BCUT2D eigenvalue weighted by molar-refractivity contribution is 0.0156. The number of hydrazine groups is 1. The van der Waals surface area contributed by atoms with Gasteiger partial charge in [-0.15, -0.1) is 0 Å². The van der Waals surface area contributed by atoms with Gasteiger partial charge in [-0.05, 0) is 55.6 Å². The van der Waals surface area contributed by atoms with Crippen molar-refractivity contribution >= 4 is 17.8 Å². The first-order valence-electron chi connectivity index (χ1n) is 12.7. The number of alkyl carbamates (subject to hydrolysis) is 1. The number of carbonyl (C=O) groups is 2. The Labute approximate surface area is 212 Å². The van der Waals surface area contributed by atoms with Crippen LogP contribution in [0.5, 0.6) is 0 Å². The molecule has 2 unspecified atom stereocenters. The third-order valence-corrected chi connectivity index (χ3v) is 6.38. The summed E-state index contributed by atoms with van der Waals surface area (Å²) in [4.78, 5) is 27.8. The van der Waals surface area contributed by atoms with Gasteiger partial charge in [-0.3, -0.25) is 4.79 Å². The van der Waals surface area contributed by atoms with Crippen LogP contribution in [0.15, 0.2) is 30.5 Å². The zero-order valence-electron chi connectivity index (χ0n) is 20.8. The monoisotopic (exact) mass is 505 g/mol. The van der Waals surface area contributed by atoms with Crippen LogP contribution in [-0.4, -0.2) is 76.3 Å². The molecule has 0 radical (unpaired) electrons. The summed E-state index contributed by atoms with van der Waals surface area (Å²) in [7, 11) is 0. The molecule has 0 saturated heterocycles. The molecule has 11 nitrogen and oxygen atoms in total. The zero-order valence-corrected chi connectivity index (χ0v) is 20.8. The predicted molar refractivity (Wildman–Crippen MR) is 134 cm³/mol. The number of fused-ring (bicyclic) bond motifs is 1. The second-order valence-electron chi connectivity index (χ2n) is 8.81. The minimum atomic E-state index is -0.376. The average molecular weight is 506 g/mol. The number of hydrogen-bond donors (Lipinski definition) is 4. The summed E-state index contributed by atoms with van der Waals surface area (Å²) in [5.74, 6) is 7.48. The second-order valence-corrected chi connectivity index (χ2v) is 8.81. The van der Waals surface area contributed by atoms with E-state index in [0.29, 0.717) is 76.6 Å². The minimum absolute atomic E-state index is 0.227. The van der Waals surface area contributed by atoms with E-state index in [1.54, 1.807) is 12.1 Å². The van der Waals surface area contributed by atoms with Crippen LogP contribution in [0.1, 0.15) is 36.0 Å². The molecule has 0 bridgehead atoms. The SMILES string of the molecule is NNc1ccc(C(=O)NCCOCCOCCOCCNC(=O)OCC2C3CCC=CCCC32)cn1. The van der Waals surface area contributed by atoms with Crippen molar-refractivity contribution in [3.05, 3.63) is 36.0 Å². The highest BCUT2D eigenvalue weighted by molar-refractivity contribution is 5.94. The number of nitrogens with two attached hydrogens (primary N) is 1. The van der Waals surface area contributed by atoms with E-state index in [9.17, 15) is 9.59 Å². The highest BCUT2D eigenvalue weighted by atomic mass is 16.6. The fourth-order valence-corrected chi connectivity index (χ4v) is 4.38. The Balaban J connectivity index is 1.05. The number of pyridine rings is 1. The Hall–Kier alpha value is -2.73. The Morgan fingerprint density at radius 1 is 0.889 bits per heavy atom. The normalized spacial score (nSPS) is 20.5. The van der Waals surface area contributed by atoms with Gasteiger partial charge in [0.15, 0.2) is 0 Å². The molecule has 1 aromatic heterocycles. The van der Waals surface area contributed by atoms with E-state index < -0.39 is 0 Å². The van der Waals surface area contributed by atoms with Crippen molar-refractivity contribution in [2.24, 2.45) is 23.6 Å². The lowest BCUT2D eigenvalue weighted by atomic mass is 10.1. The second kappa shape index (κ2) is 16.1. The Morgan fingerprint density at radius 2 is 1.50 bits per heavy atom. The fraction of sp³-hybridized carbons (Fsp3) is 0.640. The molecule has 2 amide bonds. The summed E-state index contributed by atoms with van der Waals surface area (Å²) in [5.41, 5.74) is 2.85. The van der Waals surface area contributed by atoms with Crippen LogP contribution in [0.25, 0.3) is 0 Å². The van der Waals surface area contributed by atoms with E-state index >= 15 is 0 Å². The molecule has 1 aromatic rings. The van der Waals surface area contributed by atoms with Crippen LogP contribution in [0.2, 0.25) is 0 Å². The smallest absolute Gasteiger partial charge is 0.407 e. The topological polar surface area (TPSA) is 146 Å². The highest BCUT2D eigenvalue weighted by Crippen LogP contribution is 2.52. The number of ether oxygens (including phenoxy) is 4. The summed E-state index contributed by atoms with van der Waals surface area (Å²) < 4.78 is 21.7. The molecule has 36 heavy (non-hydrogen) atoms. The Bertz CT molecular complexity index is 806. The molecular formula is C25H39N5O6. The molecule has 0 aromatic carbocycles. The van der Waals surface area contributed by atoms with Crippen molar-refractivity contribution in [2.75, 3.05) is 64.8 Å². The third kappa shape index (κ3) is 10.1. The number of nitrogens with zero attached hydrogens (tertiary/aromatic N) is 1. The first kappa shape index (κ1) is 27.9. The van der Waals surface area contributed by atoms with Gasteiger partial charge in [-0.1, -0.05) is 12.2 Å². The molecule has 5 N–H and O–H groups in total. The number of carbonyl (C=O) groups excluding carboxylic acids is 2. The number of anilines is 1. The molecule has 2 atom stereocenters. The number of nitrogens with one attached hydrogen (secondary N) is 3. The van der Waals surface area contributed by atoms with Gasteiger partial charge in [-0.2, -0.15) is 0 Å². The van der Waals surface area contributed by atoms with Crippen LogP contribution in [0.3, 0.4) is 0 Å². The fourth-order valence-electron chi connectivity index (χ4n) is 4.38. The largest absolute Gasteiger partial charge is 0.449 e. The molecule has 2 aliphatic rings. The van der Waals surface area contributed by atoms with Gasteiger partial charge in [0, 0.05) is 19.3 Å². The van der Waals surface area contributed by atoms with Crippen LogP contribution in [0, 0.1) is 17.8 Å². The van der Waals surface area contributed by atoms with Crippen LogP contribution in [-0.2, 0) is 18.9 Å². The Kier molecular flexibility index (Phi) is 12.5. The number of rotatable bonds is 16. The van der Waals surface area contributed by atoms with E-state index in [1.807, 2.05) is 0 Å². The Morgan fingerprint density at radius 3 is 2.08 bits per heavy atom. The molecule has 1 heterocycles. The maximum atomic E-state index is 12.0. The van der Waals surface area contributed by atoms with E-state index in [4.69, 9.17) is 24.8 Å². The highest BCUT2D eigenvalue weighted by Gasteiger charge is 2.49. The van der Waals surface area contributed by atoms with E-state index in [0.717, 1.165) is 24.7 Å². The van der Waals surface area contributed by atoms with Gasteiger partial charge in [0.2, 0.25) is 0 Å². The zero-order chi connectivity index (χ0) is 25.4. The van der Waals surface area contributed by atoms with Crippen LogP contribution < -0.4 is 21.9 Å². The summed E-state index contributed by atoms with van der Waals surface area (Å²) >= 11 is 0. The third-order valence-electron chi connectivity index (χ3n) is 6.38. The lowest BCUT2D eigenvalue weighted by Gasteiger charge is -2.09. The van der Waals surface area contributed by atoms with Gasteiger partial charge in [-0.25, -0.2) is 15.6 Å². The molecule has 11 heteroatoms. The van der Waals surface area contributed by atoms with Gasteiger partial charge < -0.3 is 35.0 Å². The van der Waals surface area contributed by atoms with Crippen molar-refractivity contribution in [1.82, 2.24) is 15.6 Å². The molecule has 0 aliphatic heterocycles. The first-order valence-corrected chi connectivity index (χ1v) is 12.7. The van der Waals surface area contributed by atoms with Crippen molar-refractivity contribution in [2.45, 2.75) is 25.7 Å². The van der Waals surface area contributed by atoms with Crippen LogP contribution >= 0.6 is 0 Å². The molecular weight excluding hydrogens is 466 g/mol. The molecule has 0 spiro atoms. The van der Waals surface area contributed by atoms with Crippen molar-refractivity contribution in [3.63, 3.8) is 0 Å². The van der Waals surface area contributed by atoms with E-state index in [1.165, 1.54) is 19.0 Å². The molecule has 3 rings (SSSR count). The van der Waals surface area contributed by atoms with Crippen molar-refractivity contribution in [3.8, 4) is 0 Å². The van der Waals surface area contributed by atoms with Crippen LogP contribution in [0.4, 0.5) is 10.6 Å². The van der Waals surface area contributed by atoms with E-state index in [2.05, 4.69) is 33.2 Å². The number of allylic oxidation sites excluding steroid dienone is 2. The standard InChI is InChI=1S/C25H39N5O6/c26-30-23-8-7-19(17-29-23)24(31)27-9-11-33-13-15-35-16-14-34-12-10-28-25(32)36-18-22-20-5-3-1-2-4-6-21(20)22/h1-2,7-8,17,20-22H,3-6,9-16,18,26H2,(H,27,31)(H,28,32)(H,29,30). The van der Waals surface area contributed by atoms with Gasteiger partial charge in [0.05, 0.1) is 51.8 Å². The molecule has 1 saturated carbocycles. The molecule has 1 fully saturated rings. The van der Waals surface area contributed by atoms with Crippen molar-refractivity contribution < 1.29 is 28.5 Å². The minimum Gasteiger partial charge on any atom is -0.449 e. The number of nitrogen functional groups attached to an aromatic ring is 1. The predicted octanol–water partition coefficient (Wildman–Crippen LogP) is 1.87. The first-order chi connectivity index (χ1) is 17.7. The average Bonchev–Trinajstić information content (AvgIpc) is 3.54. The summed E-state index contributed by atoms with van der Waals surface area (Å²) in [5, 5.41) is 5.48. The van der Waals surface area contributed by atoms with Gasteiger partial charge >= 0.3 is 6.09 Å². The summed E-state index contributed by atoms with van der Waals surface area (Å²) in [6.07, 6.45) is 10.3. The van der Waals surface area contributed by atoms with Gasteiger partial charge in [0.25, 0.3) is 5.91 Å². The number of aromatic nitrogens is 1. The van der Waals surface area contributed by atoms with Crippen molar-refractivity contribution in [1.29, 1.82) is 0 Å². The van der Waals surface area contributed by atoms with E-state index in [-0.39, 0.29) is 12.0 Å². The number of amides is 2. The molecule has 2 aliphatic carbocycles. The quantitative estimate of drug-likeness (QED) is 0.114. The summed E-state index contributed by atoms with van der Waals surface area (Å²) in [6, 6.07) is 3.26.